The Labute approximate surface area is 114 Å². The van der Waals surface area contributed by atoms with Crippen LogP contribution < -0.4 is 14.2 Å². The quantitative estimate of drug-likeness (QED) is 0.773. The second kappa shape index (κ2) is 4.12. The van der Waals surface area contributed by atoms with E-state index in [0.29, 0.717) is 22.9 Å². The number of aromatic amines is 1. The minimum absolute atomic E-state index is 0.229. The highest BCUT2D eigenvalue weighted by Gasteiger charge is 2.20. The molecule has 20 heavy (non-hydrogen) atoms. The molecule has 3 aromatic rings. The normalized spacial score (nSPS) is 12.8. The van der Waals surface area contributed by atoms with Gasteiger partial charge in [0.15, 0.2) is 17.1 Å². The van der Waals surface area contributed by atoms with Crippen LogP contribution in [0.4, 0.5) is 0 Å². The first-order valence-electron chi connectivity index (χ1n) is 6.14. The summed E-state index contributed by atoms with van der Waals surface area (Å²) in [5.41, 5.74) is 2.39. The number of aromatic nitrogens is 3. The Morgan fingerprint density at radius 2 is 2.10 bits per heavy atom. The Kier molecular flexibility index (Phi) is 2.29. The number of nitrogens with one attached hydrogen (secondary N) is 1. The van der Waals surface area contributed by atoms with Gasteiger partial charge in [-0.05, 0) is 18.2 Å². The highest BCUT2D eigenvalue weighted by atomic mass is 16.7. The summed E-state index contributed by atoms with van der Waals surface area (Å²) in [6.07, 6.45) is 1.71. The average molecular weight is 269 g/mol. The lowest BCUT2D eigenvalue weighted by Gasteiger charge is -2.08. The number of hydrogen-bond donors (Lipinski definition) is 1. The summed E-state index contributed by atoms with van der Waals surface area (Å²) in [6, 6.07) is 7.55. The van der Waals surface area contributed by atoms with E-state index >= 15 is 0 Å². The molecule has 0 saturated carbocycles. The van der Waals surface area contributed by atoms with Crippen LogP contribution in [0.2, 0.25) is 0 Å². The van der Waals surface area contributed by atoms with E-state index in [1.807, 2.05) is 24.3 Å². The summed E-state index contributed by atoms with van der Waals surface area (Å²) < 4.78 is 16.2. The molecule has 0 aliphatic carbocycles. The van der Waals surface area contributed by atoms with Crippen LogP contribution in [-0.4, -0.2) is 29.1 Å². The van der Waals surface area contributed by atoms with Crippen LogP contribution in [0.15, 0.2) is 30.5 Å². The van der Waals surface area contributed by atoms with E-state index in [0.717, 1.165) is 16.6 Å². The molecule has 6 heteroatoms. The number of H-pyrrole nitrogens is 1. The van der Waals surface area contributed by atoms with E-state index < -0.39 is 0 Å². The maximum absolute atomic E-state index is 5.44. The molecule has 0 fully saturated rings. The molecule has 1 aliphatic heterocycles. The summed E-state index contributed by atoms with van der Waals surface area (Å²) >= 11 is 0. The maximum atomic E-state index is 5.44. The number of nitrogens with zero attached hydrogens (tertiary/aromatic N) is 2. The van der Waals surface area contributed by atoms with Crippen LogP contribution in [0.3, 0.4) is 0 Å². The van der Waals surface area contributed by atoms with Gasteiger partial charge in [0.1, 0.15) is 5.75 Å². The molecule has 0 unspecified atom stereocenters. The van der Waals surface area contributed by atoms with Crippen LogP contribution in [0.5, 0.6) is 17.2 Å². The number of pyridine rings is 1. The molecular weight excluding hydrogens is 258 g/mol. The minimum atomic E-state index is 0.229. The van der Waals surface area contributed by atoms with E-state index in [9.17, 15) is 0 Å². The van der Waals surface area contributed by atoms with Gasteiger partial charge in [-0.3, -0.25) is 5.10 Å². The van der Waals surface area contributed by atoms with Crippen molar-refractivity contribution in [1.82, 2.24) is 15.2 Å². The minimum Gasteiger partial charge on any atom is -0.496 e. The third-order valence-electron chi connectivity index (χ3n) is 3.29. The Morgan fingerprint density at radius 1 is 1.25 bits per heavy atom. The van der Waals surface area contributed by atoms with Gasteiger partial charge in [-0.15, -0.1) is 0 Å². The fraction of sp³-hybridized carbons (Fsp3) is 0.143. The van der Waals surface area contributed by atoms with Crippen LogP contribution in [0.25, 0.3) is 22.3 Å². The molecule has 3 heterocycles. The van der Waals surface area contributed by atoms with Gasteiger partial charge < -0.3 is 14.2 Å². The Morgan fingerprint density at radius 3 is 2.95 bits per heavy atom. The molecule has 0 amide bonds. The topological polar surface area (TPSA) is 69.3 Å². The number of hydrogen-bond acceptors (Lipinski definition) is 5. The van der Waals surface area contributed by atoms with E-state index in [4.69, 9.17) is 14.2 Å². The molecule has 6 nitrogen and oxygen atoms in total. The predicted molar refractivity (Wildman–Crippen MR) is 72.0 cm³/mol. The fourth-order valence-electron chi connectivity index (χ4n) is 2.34. The standard InChI is InChI=1S/C14H11N3O3/c1-18-10-6-12-11(19-7-20-12)5-9(10)13-8-3-2-4-15-14(8)17-16-13/h2-6H,7H2,1H3,(H,15,16,17). The Hall–Kier alpha value is -2.76. The summed E-state index contributed by atoms with van der Waals surface area (Å²) in [6.45, 7) is 0.229. The third-order valence-corrected chi connectivity index (χ3v) is 3.29. The zero-order valence-electron chi connectivity index (χ0n) is 10.7. The molecule has 1 N–H and O–H groups in total. The van der Waals surface area contributed by atoms with Gasteiger partial charge in [-0.25, -0.2) is 4.98 Å². The van der Waals surface area contributed by atoms with Crippen LogP contribution in [0.1, 0.15) is 0 Å². The van der Waals surface area contributed by atoms with Crippen molar-refractivity contribution < 1.29 is 14.2 Å². The summed E-state index contributed by atoms with van der Waals surface area (Å²) in [7, 11) is 1.62. The number of ether oxygens (including phenoxy) is 3. The smallest absolute Gasteiger partial charge is 0.231 e. The Balaban J connectivity index is 1.97. The van der Waals surface area contributed by atoms with E-state index in [-0.39, 0.29) is 6.79 Å². The first-order valence-corrected chi connectivity index (χ1v) is 6.14. The van der Waals surface area contributed by atoms with Crippen molar-refractivity contribution in [2.45, 2.75) is 0 Å². The molecule has 0 radical (unpaired) electrons. The second-order valence-electron chi connectivity index (χ2n) is 4.38. The van der Waals surface area contributed by atoms with Gasteiger partial charge >= 0.3 is 0 Å². The molecule has 0 spiro atoms. The third kappa shape index (κ3) is 1.51. The van der Waals surface area contributed by atoms with E-state index in [2.05, 4.69) is 15.2 Å². The predicted octanol–water partition coefficient (Wildman–Crippen LogP) is 2.36. The first-order chi connectivity index (χ1) is 9.86. The van der Waals surface area contributed by atoms with Crippen molar-refractivity contribution in [2.75, 3.05) is 13.9 Å². The zero-order chi connectivity index (χ0) is 13.5. The molecule has 0 atom stereocenters. The van der Waals surface area contributed by atoms with Gasteiger partial charge in [-0.1, -0.05) is 0 Å². The van der Waals surface area contributed by atoms with Crippen molar-refractivity contribution >= 4 is 11.0 Å². The highest BCUT2D eigenvalue weighted by molar-refractivity contribution is 5.93. The van der Waals surface area contributed by atoms with Crippen molar-refractivity contribution in [3.05, 3.63) is 30.5 Å². The van der Waals surface area contributed by atoms with Crippen molar-refractivity contribution in [1.29, 1.82) is 0 Å². The molecule has 1 aliphatic rings. The van der Waals surface area contributed by atoms with Crippen molar-refractivity contribution in [3.63, 3.8) is 0 Å². The molecule has 0 saturated heterocycles. The number of fused-ring (bicyclic) bond motifs is 2. The maximum Gasteiger partial charge on any atom is 0.231 e. The molecule has 100 valence electrons. The van der Waals surface area contributed by atoms with Crippen LogP contribution >= 0.6 is 0 Å². The average Bonchev–Trinajstić information content (AvgIpc) is 3.11. The van der Waals surface area contributed by atoms with Crippen molar-refractivity contribution in [3.8, 4) is 28.5 Å². The van der Waals surface area contributed by atoms with Gasteiger partial charge in [-0.2, -0.15) is 5.10 Å². The number of benzene rings is 1. The Bertz CT molecular complexity index is 797. The highest BCUT2D eigenvalue weighted by Crippen LogP contribution is 2.43. The molecule has 1 aromatic carbocycles. The van der Waals surface area contributed by atoms with Gasteiger partial charge in [0.2, 0.25) is 6.79 Å². The fourth-order valence-corrected chi connectivity index (χ4v) is 2.34. The lowest BCUT2D eigenvalue weighted by Crippen LogP contribution is -1.92. The van der Waals surface area contributed by atoms with Gasteiger partial charge in [0.25, 0.3) is 0 Å². The SMILES string of the molecule is COc1cc2c(cc1-c1[nH]nc3ncccc13)OCO2. The zero-order valence-corrected chi connectivity index (χ0v) is 10.7. The van der Waals surface area contributed by atoms with Crippen LogP contribution in [0, 0.1) is 0 Å². The monoisotopic (exact) mass is 269 g/mol. The van der Waals surface area contributed by atoms with Gasteiger partial charge in [0.05, 0.1) is 12.8 Å². The molecule has 2 aromatic heterocycles. The summed E-state index contributed by atoms with van der Waals surface area (Å²) in [5, 5.41) is 8.14. The van der Waals surface area contributed by atoms with Crippen molar-refractivity contribution in [2.24, 2.45) is 0 Å². The molecule has 4 rings (SSSR count). The second-order valence-corrected chi connectivity index (χ2v) is 4.38. The number of rotatable bonds is 2. The van der Waals surface area contributed by atoms with E-state index in [1.165, 1.54) is 0 Å². The first kappa shape index (κ1) is 11.1. The summed E-state index contributed by atoms with van der Waals surface area (Å²) in [5.74, 6) is 2.09. The number of methoxy groups -OCH3 is 1. The van der Waals surface area contributed by atoms with Gasteiger partial charge in [0, 0.05) is 23.2 Å². The summed E-state index contributed by atoms with van der Waals surface area (Å²) in [4.78, 5) is 4.22. The lowest BCUT2D eigenvalue weighted by molar-refractivity contribution is 0.174. The molecular formula is C14H11N3O3. The lowest BCUT2D eigenvalue weighted by atomic mass is 10.1. The van der Waals surface area contributed by atoms with Crippen LogP contribution in [-0.2, 0) is 0 Å². The molecule has 0 bridgehead atoms. The largest absolute Gasteiger partial charge is 0.496 e. The van der Waals surface area contributed by atoms with E-state index in [1.54, 1.807) is 13.3 Å².